The molecule has 0 spiro atoms. The van der Waals surface area contributed by atoms with Gasteiger partial charge in [-0.2, -0.15) is 0 Å². The summed E-state index contributed by atoms with van der Waals surface area (Å²) in [4.78, 5) is 14.6. The van der Waals surface area contributed by atoms with Crippen LogP contribution in [-0.4, -0.2) is 43.9 Å². The molecule has 1 fully saturated rings. The van der Waals surface area contributed by atoms with E-state index in [2.05, 4.69) is 15.4 Å². The van der Waals surface area contributed by atoms with Crippen molar-refractivity contribution in [2.75, 3.05) is 13.2 Å². The highest BCUT2D eigenvalue weighted by Gasteiger charge is 2.34. The van der Waals surface area contributed by atoms with Gasteiger partial charge < -0.3 is 18.7 Å². The Morgan fingerprint density at radius 3 is 2.96 bits per heavy atom. The second-order valence-corrected chi connectivity index (χ2v) is 6.33. The van der Waals surface area contributed by atoms with Gasteiger partial charge in [0.05, 0.1) is 6.04 Å². The Morgan fingerprint density at radius 1 is 1.38 bits per heavy atom. The molecule has 1 aliphatic carbocycles. The standard InChI is InChI=1S/C16H21N5O3/c1-3-23-9-14-17-18-15-10(2)20(6-7-21(14)15)16(22)12-8-13(24-19-12)11-4-5-11/h8,10-11H,3-7,9H2,1-2H3/t10-/m0/s1. The van der Waals surface area contributed by atoms with Gasteiger partial charge in [-0.05, 0) is 26.7 Å². The summed E-state index contributed by atoms with van der Waals surface area (Å²) in [6.07, 6.45) is 2.24. The summed E-state index contributed by atoms with van der Waals surface area (Å²) in [5.41, 5.74) is 0.381. The molecule has 8 heteroatoms. The van der Waals surface area contributed by atoms with Crippen LogP contribution < -0.4 is 0 Å². The minimum atomic E-state index is -0.157. The SMILES string of the molecule is CCOCc1nnc2n1CCN(C(=O)c1cc(C3CC3)on1)[C@H]2C. The summed E-state index contributed by atoms with van der Waals surface area (Å²) >= 11 is 0. The van der Waals surface area contributed by atoms with E-state index in [1.165, 1.54) is 0 Å². The molecule has 2 aromatic rings. The maximum atomic E-state index is 12.8. The van der Waals surface area contributed by atoms with Crippen LogP contribution in [-0.2, 0) is 17.9 Å². The van der Waals surface area contributed by atoms with Crippen molar-refractivity contribution in [3.63, 3.8) is 0 Å². The molecule has 0 aromatic carbocycles. The molecule has 8 nitrogen and oxygen atoms in total. The van der Waals surface area contributed by atoms with Gasteiger partial charge in [0.25, 0.3) is 5.91 Å². The third-order valence-electron chi connectivity index (χ3n) is 4.69. The van der Waals surface area contributed by atoms with Gasteiger partial charge in [0.15, 0.2) is 17.3 Å². The van der Waals surface area contributed by atoms with Crippen LogP contribution in [0.4, 0.5) is 0 Å². The summed E-state index contributed by atoms with van der Waals surface area (Å²) in [7, 11) is 0. The topological polar surface area (TPSA) is 86.3 Å². The van der Waals surface area contributed by atoms with Crippen molar-refractivity contribution in [3.8, 4) is 0 Å². The third-order valence-corrected chi connectivity index (χ3v) is 4.69. The number of carbonyl (C=O) groups excluding carboxylic acids is 1. The van der Waals surface area contributed by atoms with Crippen molar-refractivity contribution in [2.45, 2.75) is 51.8 Å². The van der Waals surface area contributed by atoms with Crippen LogP contribution in [0.15, 0.2) is 10.6 Å². The summed E-state index contributed by atoms with van der Waals surface area (Å²) < 4.78 is 12.8. The van der Waals surface area contributed by atoms with Gasteiger partial charge in [0.2, 0.25) is 0 Å². The van der Waals surface area contributed by atoms with Crippen molar-refractivity contribution < 1.29 is 14.1 Å². The first kappa shape index (κ1) is 15.3. The number of hydrogen-bond acceptors (Lipinski definition) is 6. The Balaban J connectivity index is 1.52. The van der Waals surface area contributed by atoms with Crippen LogP contribution in [0.25, 0.3) is 0 Å². The summed E-state index contributed by atoms with van der Waals surface area (Å²) in [6.45, 7) is 6.24. The summed E-state index contributed by atoms with van der Waals surface area (Å²) in [6, 6.07) is 1.63. The average molecular weight is 331 g/mol. The van der Waals surface area contributed by atoms with Crippen molar-refractivity contribution in [1.82, 2.24) is 24.8 Å². The number of aromatic nitrogens is 4. The van der Waals surface area contributed by atoms with E-state index in [1.54, 1.807) is 11.0 Å². The molecular formula is C16H21N5O3. The second kappa shape index (κ2) is 6.01. The highest BCUT2D eigenvalue weighted by atomic mass is 16.5. The fourth-order valence-corrected chi connectivity index (χ4v) is 3.12. The lowest BCUT2D eigenvalue weighted by molar-refractivity contribution is 0.0619. The molecule has 4 rings (SSSR count). The quantitative estimate of drug-likeness (QED) is 0.831. The molecule has 1 amide bonds. The van der Waals surface area contributed by atoms with Gasteiger partial charge in [0.1, 0.15) is 12.4 Å². The summed E-state index contributed by atoms with van der Waals surface area (Å²) in [5.74, 6) is 2.75. The van der Waals surface area contributed by atoms with Crippen LogP contribution >= 0.6 is 0 Å². The smallest absolute Gasteiger partial charge is 0.276 e. The third kappa shape index (κ3) is 2.60. The Kier molecular flexibility index (Phi) is 3.84. The Labute approximate surface area is 139 Å². The molecular weight excluding hydrogens is 310 g/mol. The van der Waals surface area contributed by atoms with E-state index in [-0.39, 0.29) is 11.9 Å². The van der Waals surface area contributed by atoms with E-state index in [0.29, 0.717) is 37.9 Å². The van der Waals surface area contributed by atoms with E-state index in [0.717, 1.165) is 30.3 Å². The van der Waals surface area contributed by atoms with Gasteiger partial charge in [-0.1, -0.05) is 5.16 Å². The highest BCUT2D eigenvalue weighted by Crippen LogP contribution is 2.40. The fraction of sp³-hybridized carbons (Fsp3) is 0.625. The molecule has 0 saturated heterocycles. The molecule has 0 bridgehead atoms. The zero-order chi connectivity index (χ0) is 16.7. The first-order chi connectivity index (χ1) is 11.7. The molecule has 128 valence electrons. The monoisotopic (exact) mass is 331 g/mol. The predicted molar refractivity (Wildman–Crippen MR) is 83.3 cm³/mol. The van der Waals surface area contributed by atoms with Gasteiger partial charge in [0, 0.05) is 31.7 Å². The minimum Gasteiger partial charge on any atom is -0.374 e. The largest absolute Gasteiger partial charge is 0.374 e. The zero-order valence-corrected chi connectivity index (χ0v) is 13.9. The van der Waals surface area contributed by atoms with Crippen LogP contribution in [0, 0.1) is 0 Å². The van der Waals surface area contributed by atoms with E-state index in [1.807, 2.05) is 18.4 Å². The van der Waals surface area contributed by atoms with Crippen LogP contribution in [0.5, 0.6) is 0 Å². The number of ether oxygens (including phenoxy) is 1. The maximum Gasteiger partial charge on any atom is 0.276 e. The van der Waals surface area contributed by atoms with Gasteiger partial charge >= 0.3 is 0 Å². The molecule has 1 saturated carbocycles. The molecule has 0 unspecified atom stereocenters. The number of amides is 1. The van der Waals surface area contributed by atoms with Crippen LogP contribution in [0.1, 0.15) is 66.5 Å². The van der Waals surface area contributed by atoms with Crippen molar-refractivity contribution in [2.24, 2.45) is 0 Å². The van der Waals surface area contributed by atoms with E-state index in [4.69, 9.17) is 9.26 Å². The zero-order valence-electron chi connectivity index (χ0n) is 13.9. The first-order valence-electron chi connectivity index (χ1n) is 8.46. The summed E-state index contributed by atoms with van der Waals surface area (Å²) in [5, 5.41) is 12.4. The molecule has 2 aromatic heterocycles. The van der Waals surface area contributed by atoms with E-state index >= 15 is 0 Å². The fourth-order valence-electron chi connectivity index (χ4n) is 3.12. The van der Waals surface area contributed by atoms with E-state index in [9.17, 15) is 4.79 Å². The van der Waals surface area contributed by atoms with Crippen molar-refractivity contribution in [1.29, 1.82) is 0 Å². The lowest BCUT2D eigenvalue weighted by atomic mass is 10.1. The lowest BCUT2D eigenvalue weighted by Gasteiger charge is -2.33. The highest BCUT2D eigenvalue weighted by molar-refractivity contribution is 5.92. The molecule has 24 heavy (non-hydrogen) atoms. The molecule has 0 radical (unpaired) electrons. The van der Waals surface area contributed by atoms with Gasteiger partial charge in [-0.15, -0.1) is 10.2 Å². The normalized spacial score (nSPS) is 20.2. The molecule has 2 aliphatic rings. The average Bonchev–Trinajstić information content (AvgIpc) is 3.17. The number of hydrogen-bond donors (Lipinski definition) is 0. The Morgan fingerprint density at radius 2 is 2.21 bits per heavy atom. The van der Waals surface area contributed by atoms with Gasteiger partial charge in [-0.3, -0.25) is 4.79 Å². The number of fused-ring (bicyclic) bond motifs is 1. The molecule has 3 heterocycles. The number of carbonyl (C=O) groups is 1. The molecule has 1 atom stereocenters. The van der Waals surface area contributed by atoms with Crippen LogP contribution in [0.2, 0.25) is 0 Å². The van der Waals surface area contributed by atoms with Crippen LogP contribution in [0.3, 0.4) is 0 Å². The van der Waals surface area contributed by atoms with Crippen molar-refractivity contribution >= 4 is 5.91 Å². The molecule has 1 aliphatic heterocycles. The number of rotatable bonds is 5. The maximum absolute atomic E-state index is 12.8. The minimum absolute atomic E-state index is 0.112. The van der Waals surface area contributed by atoms with Gasteiger partial charge in [-0.25, -0.2) is 0 Å². The van der Waals surface area contributed by atoms with E-state index < -0.39 is 0 Å². The first-order valence-corrected chi connectivity index (χ1v) is 8.46. The Hall–Kier alpha value is -2.22. The lowest BCUT2D eigenvalue weighted by Crippen LogP contribution is -2.41. The molecule has 0 N–H and O–H groups in total. The number of nitrogens with zero attached hydrogens (tertiary/aromatic N) is 5. The van der Waals surface area contributed by atoms with Crippen molar-refractivity contribution in [3.05, 3.63) is 29.2 Å². The predicted octanol–water partition coefficient (Wildman–Crippen LogP) is 1.90. The Bertz CT molecular complexity index is 749. The second-order valence-electron chi connectivity index (χ2n) is 6.33.